The van der Waals surface area contributed by atoms with E-state index in [0.29, 0.717) is 18.1 Å². The predicted octanol–water partition coefficient (Wildman–Crippen LogP) is 9.19. The Bertz CT molecular complexity index is 1680. The first-order valence-electron chi connectivity index (χ1n) is 13.8. The molecule has 0 aliphatic heterocycles. The van der Waals surface area contributed by atoms with Gasteiger partial charge in [-0.3, -0.25) is 4.72 Å². The Morgan fingerprint density at radius 2 is 1.63 bits per heavy atom. The summed E-state index contributed by atoms with van der Waals surface area (Å²) in [5, 5.41) is 2.44. The van der Waals surface area contributed by atoms with E-state index >= 15 is 0 Å². The maximum Gasteiger partial charge on any atom is 0.408 e. The molecule has 0 aliphatic carbocycles. The van der Waals surface area contributed by atoms with Crippen LogP contribution in [0.3, 0.4) is 0 Å². The molecule has 1 heterocycles. The highest BCUT2D eigenvalue weighted by Crippen LogP contribution is 2.43. The molecule has 0 amide bonds. The predicted molar refractivity (Wildman–Crippen MR) is 168 cm³/mol. The fourth-order valence-electron chi connectivity index (χ4n) is 4.24. The summed E-state index contributed by atoms with van der Waals surface area (Å²) in [5.74, 6) is 0.866. The highest BCUT2D eigenvalue weighted by Gasteiger charge is 2.36. The summed E-state index contributed by atoms with van der Waals surface area (Å²) in [7, 11) is -4.18. The van der Waals surface area contributed by atoms with Crippen LogP contribution in [0, 0.1) is 5.41 Å². The van der Waals surface area contributed by atoms with E-state index in [1.165, 1.54) is 35.6 Å². The van der Waals surface area contributed by atoms with Crippen molar-refractivity contribution in [3.05, 3.63) is 78.4 Å². The lowest BCUT2D eigenvalue weighted by Gasteiger charge is -2.19. The number of rotatable bonds is 10. The van der Waals surface area contributed by atoms with Gasteiger partial charge in [0.05, 0.1) is 22.1 Å². The van der Waals surface area contributed by atoms with Crippen molar-refractivity contribution in [1.29, 1.82) is 0 Å². The molecule has 1 atom stereocenters. The number of thiazole rings is 1. The average molecular weight is 632 g/mol. The standard InChI is InChI=1S/C32H36F3N3O3S2/c1-20(2)26-15-7-8-16-27(26)28-29(22-11-9-13-24(17-22)41-19-31(4,5)6)42-30(37-28)38-43(39,40)25-14-10-12-23(18-25)36-21(3)32(33,34)35/h7-18,20-21,36H,19H2,1-6H3,(H,37,38). The molecule has 43 heavy (non-hydrogen) atoms. The van der Waals surface area contributed by atoms with Gasteiger partial charge in [-0.25, -0.2) is 13.4 Å². The number of ether oxygens (including phenoxy) is 1. The Morgan fingerprint density at radius 1 is 0.930 bits per heavy atom. The van der Waals surface area contributed by atoms with E-state index in [9.17, 15) is 21.6 Å². The van der Waals surface area contributed by atoms with Crippen LogP contribution in [0.5, 0.6) is 5.75 Å². The molecule has 230 valence electrons. The molecule has 3 aromatic carbocycles. The van der Waals surface area contributed by atoms with Gasteiger partial charge < -0.3 is 10.1 Å². The van der Waals surface area contributed by atoms with Gasteiger partial charge in [-0.1, -0.05) is 88.4 Å². The number of nitrogens with one attached hydrogen (secondary N) is 2. The van der Waals surface area contributed by atoms with Gasteiger partial charge in [0, 0.05) is 11.3 Å². The van der Waals surface area contributed by atoms with Gasteiger partial charge in [0.1, 0.15) is 11.8 Å². The number of alkyl halides is 3. The number of nitrogens with zero attached hydrogens (tertiary/aromatic N) is 1. The first-order valence-corrected chi connectivity index (χ1v) is 16.1. The maximum atomic E-state index is 13.4. The number of hydrogen-bond donors (Lipinski definition) is 2. The molecule has 0 saturated carbocycles. The molecule has 1 aromatic heterocycles. The summed E-state index contributed by atoms with van der Waals surface area (Å²) in [6, 6.07) is 18.9. The molecule has 0 saturated heterocycles. The van der Waals surface area contributed by atoms with Crippen LogP contribution in [-0.2, 0) is 10.0 Å². The molecule has 11 heteroatoms. The molecular weight excluding hydrogens is 595 g/mol. The lowest BCUT2D eigenvalue weighted by atomic mass is 9.94. The van der Waals surface area contributed by atoms with Gasteiger partial charge in [-0.15, -0.1) is 0 Å². The van der Waals surface area contributed by atoms with E-state index in [4.69, 9.17) is 9.72 Å². The summed E-state index contributed by atoms with van der Waals surface area (Å²) < 4.78 is 74.6. The highest BCUT2D eigenvalue weighted by atomic mass is 32.2. The molecule has 6 nitrogen and oxygen atoms in total. The fraction of sp³-hybridized carbons (Fsp3) is 0.344. The van der Waals surface area contributed by atoms with Crippen molar-refractivity contribution in [2.75, 3.05) is 16.6 Å². The number of hydrogen-bond acceptors (Lipinski definition) is 6. The van der Waals surface area contributed by atoms with E-state index in [-0.39, 0.29) is 27.0 Å². The van der Waals surface area contributed by atoms with Crippen molar-refractivity contribution in [3.8, 4) is 27.4 Å². The van der Waals surface area contributed by atoms with Crippen molar-refractivity contribution in [1.82, 2.24) is 4.98 Å². The maximum absolute atomic E-state index is 13.4. The summed E-state index contributed by atoms with van der Waals surface area (Å²) in [6.07, 6.45) is -4.48. The average Bonchev–Trinajstić information content (AvgIpc) is 3.34. The third-order valence-electron chi connectivity index (χ3n) is 6.47. The Hall–Kier alpha value is -3.57. The molecule has 2 N–H and O–H groups in total. The van der Waals surface area contributed by atoms with Crippen LogP contribution in [-0.4, -0.2) is 32.2 Å². The third-order valence-corrected chi connectivity index (χ3v) is 8.96. The topological polar surface area (TPSA) is 80.3 Å². The lowest BCUT2D eigenvalue weighted by molar-refractivity contribution is -0.138. The van der Waals surface area contributed by atoms with Crippen LogP contribution in [0.2, 0.25) is 0 Å². The summed E-state index contributed by atoms with van der Waals surface area (Å²) in [6.45, 7) is 11.9. The number of anilines is 2. The first kappa shape index (κ1) is 32.3. The fourth-order valence-corrected chi connectivity index (χ4v) is 6.50. The normalized spacial score (nSPS) is 13.2. The van der Waals surface area contributed by atoms with Crippen molar-refractivity contribution in [3.63, 3.8) is 0 Å². The van der Waals surface area contributed by atoms with Crippen LogP contribution in [0.4, 0.5) is 24.0 Å². The molecule has 0 radical (unpaired) electrons. The zero-order chi connectivity index (χ0) is 31.6. The number of aromatic nitrogens is 1. The SMILES string of the molecule is CC(C)c1ccccc1-c1nc(NS(=O)(=O)c2cccc(NC(C)C(F)(F)F)c2)sc1-c1cccc(OCC(C)(C)C)c1. The molecule has 4 rings (SSSR count). The second-order valence-corrected chi connectivity index (χ2v) is 14.5. The molecular formula is C32H36F3N3O3S2. The molecule has 1 unspecified atom stereocenters. The van der Waals surface area contributed by atoms with Gasteiger partial charge in [0.15, 0.2) is 5.13 Å². The van der Waals surface area contributed by atoms with Gasteiger partial charge >= 0.3 is 6.18 Å². The molecule has 0 bridgehead atoms. The molecule has 4 aromatic rings. The third kappa shape index (κ3) is 8.29. The van der Waals surface area contributed by atoms with Crippen LogP contribution in [0.25, 0.3) is 21.7 Å². The Labute approximate surface area is 255 Å². The zero-order valence-electron chi connectivity index (χ0n) is 24.9. The largest absolute Gasteiger partial charge is 0.493 e. The van der Waals surface area contributed by atoms with Crippen molar-refractivity contribution in [2.45, 2.75) is 64.6 Å². The lowest BCUT2D eigenvalue weighted by Crippen LogP contribution is -2.33. The van der Waals surface area contributed by atoms with Gasteiger partial charge in [0.2, 0.25) is 0 Å². The number of benzene rings is 3. The first-order chi connectivity index (χ1) is 20.0. The van der Waals surface area contributed by atoms with Crippen LogP contribution < -0.4 is 14.8 Å². The van der Waals surface area contributed by atoms with Crippen LogP contribution in [0.15, 0.2) is 77.7 Å². The second kappa shape index (κ2) is 12.6. The van der Waals surface area contributed by atoms with Crippen molar-refractivity contribution < 1.29 is 26.3 Å². The van der Waals surface area contributed by atoms with Gasteiger partial charge in [-0.2, -0.15) is 13.2 Å². The molecule has 0 aliphatic rings. The van der Waals surface area contributed by atoms with E-state index in [2.05, 4.69) is 44.7 Å². The van der Waals surface area contributed by atoms with Crippen molar-refractivity contribution in [2.24, 2.45) is 5.41 Å². The molecule has 0 fully saturated rings. The van der Waals surface area contributed by atoms with Crippen LogP contribution >= 0.6 is 11.3 Å². The summed E-state index contributed by atoms with van der Waals surface area (Å²) >= 11 is 1.18. The van der Waals surface area contributed by atoms with Crippen LogP contribution in [0.1, 0.15) is 53.0 Å². The Morgan fingerprint density at radius 3 is 2.30 bits per heavy atom. The zero-order valence-corrected chi connectivity index (χ0v) is 26.5. The monoisotopic (exact) mass is 631 g/mol. The Kier molecular flexibility index (Phi) is 9.46. The number of sulfonamides is 1. The quantitative estimate of drug-likeness (QED) is 0.182. The van der Waals surface area contributed by atoms with E-state index in [0.717, 1.165) is 28.5 Å². The summed E-state index contributed by atoms with van der Waals surface area (Å²) in [5.41, 5.74) is 3.37. The smallest absolute Gasteiger partial charge is 0.408 e. The number of halogens is 3. The minimum absolute atomic E-state index is 0.0335. The van der Waals surface area contributed by atoms with Gasteiger partial charge in [-0.05, 0) is 59.7 Å². The second-order valence-electron chi connectivity index (χ2n) is 11.9. The summed E-state index contributed by atoms with van der Waals surface area (Å²) in [4.78, 5) is 5.31. The minimum atomic E-state index is -4.48. The minimum Gasteiger partial charge on any atom is -0.493 e. The van der Waals surface area contributed by atoms with E-state index in [1.807, 2.05) is 48.5 Å². The Balaban J connectivity index is 1.74. The van der Waals surface area contributed by atoms with Gasteiger partial charge in [0.25, 0.3) is 10.0 Å². The van der Waals surface area contributed by atoms with E-state index in [1.54, 1.807) is 0 Å². The molecule has 0 spiro atoms. The van der Waals surface area contributed by atoms with E-state index < -0.39 is 22.2 Å². The van der Waals surface area contributed by atoms with Crippen molar-refractivity contribution >= 4 is 32.2 Å². The highest BCUT2D eigenvalue weighted by molar-refractivity contribution is 7.93.